The first kappa shape index (κ1) is 12.0. The quantitative estimate of drug-likeness (QED) is 0.340. The first-order valence-electron chi connectivity index (χ1n) is 4.55. The lowest BCUT2D eigenvalue weighted by Crippen LogP contribution is -2.31. The Hall–Kier alpha value is -0.0500. The normalized spacial score (nSPS) is 31.2. The highest BCUT2D eigenvalue weighted by atomic mass is 35.5. The fraction of sp³-hybridized carbons (Fsp3) is 0.364. The Kier molecular flexibility index (Phi) is 4.42. The number of hydrogen-bond donors (Lipinski definition) is 1. The molecular formula is C11H13ClS2. The van der Waals surface area contributed by atoms with Gasteiger partial charge in [-0.2, -0.15) is 0 Å². The summed E-state index contributed by atoms with van der Waals surface area (Å²) >= 11 is 15.7. The van der Waals surface area contributed by atoms with Gasteiger partial charge in [-0.1, -0.05) is 55.6 Å². The van der Waals surface area contributed by atoms with E-state index in [0.717, 1.165) is 6.42 Å². The van der Waals surface area contributed by atoms with Crippen molar-refractivity contribution in [1.29, 1.82) is 0 Å². The van der Waals surface area contributed by atoms with Gasteiger partial charge in [-0.15, -0.1) is 24.2 Å². The van der Waals surface area contributed by atoms with Crippen molar-refractivity contribution < 1.29 is 0 Å². The molecule has 0 nitrogen and oxygen atoms in total. The van der Waals surface area contributed by atoms with Crippen LogP contribution < -0.4 is 0 Å². The minimum absolute atomic E-state index is 0.00435. The maximum Gasteiger partial charge on any atom is 0.0925 e. The third kappa shape index (κ3) is 2.72. The molecule has 0 heterocycles. The molecule has 0 spiro atoms. The van der Waals surface area contributed by atoms with Crippen LogP contribution in [0.5, 0.6) is 0 Å². The summed E-state index contributed by atoms with van der Waals surface area (Å²) in [5.41, 5.74) is 0. The Morgan fingerprint density at radius 1 is 1.64 bits per heavy atom. The molecule has 2 unspecified atom stereocenters. The van der Waals surface area contributed by atoms with Crippen molar-refractivity contribution >= 4 is 40.6 Å². The van der Waals surface area contributed by atoms with Crippen LogP contribution in [0.3, 0.4) is 0 Å². The monoisotopic (exact) mass is 244 g/mol. The molecule has 0 aromatic heterocycles. The zero-order valence-electron chi connectivity index (χ0n) is 7.98. The minimum atomic E-state index is -0.524. The maximum atomic E-state index is 6.45. The Balaban J connectivity index is 2.93. The van der Waals surface area contributed by atoms with Crippen LogP contribution in [0.4, 0.5) is 0 Å². The molecule has 0 bridgehead atoms. The van der Waals surface area contributed by atoms with E-state index in [0.29, 0.717) is 4.20 Å². The zero-order chi connectivity index (χ0) is 10.6. The molecule has 1 aliphatic rings. The molecule has 0 aromatic rings. The Bertz CT molecular complexity index is 304. The van der Waals surface area contributed by atoms with Gasteiger partial charge in [0.2, 0.25) is 0 Å². The lowest BCUT2D eigenvalue weighted by Gasteiger charge is -2.29. The number of thiocarbonyl (C=S) groups is 1. The van der Waals surface area contributed by atoms with E-state index in [-0.39, 0.29) is 5.92 Å². The van der Waals surface area contributed by atoms with Gasteiger partial charge in [0, 0.05) is 5.92 Å². The molecule has 3 heteroatoms. The predicted molar refractivity (Wildman–Crippen MR) is 71.4 cm³/mol. The summed E-state index contributed by atoms with van der Waals surface area (Å²) in [4.78, 5) is -0.524. The number of hydrogen-bond acceptors (Lipinski definition) is 1. The first-order chi connectivity index (χ1) is 6.60. The van der Waals surface area contributed by atoms with Crippen LogP contribution in [-0.2, 0) is 0 Å². The average Bonchev–Trinajstić information content (AvgIpc) is 2.15. The topological polar surface area (TPSA) is 0 Å². The molecule has 0 aromatic carbocycles. The number of alkyl halides is 1. The van der Waals surface area contributed by atoms with Crippen LogP contribution in [0.1, 0.15) is 13.3 Å². The molecular weight excluding hydrogens is 232 g/mol. The third-order valence-corrected chi connectivity index (χ3v) is 3.14. The summed E-state index contributed by atoms with van der Waals surface area (Å²) < 4.78 is 0.626. The standard InChI is InChI=1S/C11H13ClS2/c1-2-3-7-11(12)8-5-4-6-9(11)10(13)14/h3-9H,2H2,1H3,(H,13,14). The highest BCUT2D eigenvalue weighted by Gasteiger charge is 2.33. The second kappa shape index (κ2) is 5.15. The summed E-state index contributed by atoms with van der Waals surface area (Å²) in [7, 11) is 0. The second-order valence-electron chi connectivity index (χ2n) is 3.20. The summed E-state index contributed by atoms with van der Waals surface area (Å²) in [6, 6.07) is 0. The first-order valence-corrected chi connectivity index (χ1v) is 5.79. The van der Waals surface area contributed by atoms with Crippen LogP contribution in [0.2, 0.25) is 0 Å². The number of rotatable bonds is 3. The van der Waals surface area contributed by atoms with Gasteiger partial charge in [0.05, 0.1) is 9.07 Å². The predicted octanol–water partition coefficient (Wildman–Crippen LogP) is 3.93. The SMILES string of the molecule is CCC=CC1(Cl)C=CC=CC1C(=S)S. The van der Waals surface area contributed by atoms with Gasteiger partial charge in [0.15, 0.2) is 0 Å². The molecule has 1 rings (SSSR count). The third-order valence-electron chi connectivity index (χ3n) is 2.12. The van der Waals surface area contributed by atoms with Crippen molar-refractivity contribution in [1.82, 2.24) is 0 Å². The van der Waals surface area contributed by atoms with Gasteiger partial charge in [0.1, 0.15) is 0 Å². The van der Waals surface area contributed by atoms with E-state index in [4.69, 9.17) is 23.8 Å². The van der Waals surface area contributed by atoms with Gasteiger partial charge in [-0.25, -0.2) is 0 Å². The molecule has 14 heavy (non-hydrogen) atoms. The van der Waals surface area contributed by atoms with Gasteiger partial charge in [-0.05, 0) is 6.42 Å². The Morgan fingerprint density at radius 3 is 2.93 bits per heavy atom. The van der Waals surface area contributed by atoms with Crippen molar-refractivity contribution in [2.45, 2.75) is 18.2 Å². The van der Waals surface area contributed by atoms with Crippen molar-refractivity contribution in [3.05, 3.63) is 36.5 Å². The van der Waals surface area contributed by atoms with Crippen molar-refractivity contribution in [3.63, 3.8) is 0 Å². The van der Waals surface area contributed by atoms with E-state index < -0.39 is 4.87 Å². The molecule has 0 radical (unpaired) electrons. The zero-order valence-corrected chi connectivity index (χ0v) is 10.4. The second-order valence-corrected chi connectivity index (χ2v) is 5.08. The molecule has 1 aliphatic carbocycles. The average molecular weight is 245 g/mol. The maximum absolute atomic E-state index is 6.45. The van der Waals surface area contributed by atoms with E-state index in [2.05, 4.69) is 25.6 Å². The highest BCUT2D eigenvalue weighted by Crippen LogP contribution is 2.35. The van der Waals surface area contributed by atoms with Crippen LogP contribution in [-0.4, -0.2) is 9.07 Å². The lowest BCUT2D eigenvalue weighted by atomic mass is 9.88. The summed E-state index contributed by atoms with van der Waals surface area (Å²) in [6.07, 6.45) is 12.8. The molecule has 0 saturated heterocycles. The molecule has 0 fully saturated rings. The number of halogens is 1. The Labute approximate surface area is 101 Å². The van der Waals surface area contributed by atoms with Crippen LogP contribution in [0.15, 0.2) is 36.5 Å². The van der Waals surface area contributed by atoms with Gasteiger partial charge in [0.25, 0.3) is 0 Å². The van der Waals surface area contributed by atoms with Crippen LogP contribution >= 0.6 is 36.4 Å². The summed E-state index contributed by atoms with van der Waals surface area (Å²) in [5.74, 6) is -0.00435. The largest absolute Gasteiger partial charge is 0.136 e. The van der Waals surface area contributed by atoms with E-state index >= 15 is 0 Å². The smallest absolute Gasteiger partial charge is 0.0925 e. The highest BCUT2D eigenvalue weighted by molar-refractivity contribution is 8.11. The fourth-order valence-electron chi connectivity index (χ4n) is 1.36. The molecule has 0 saturated carbocycles. The van der Waals surface area contributed by atoms with E-state index in [1.54, 1.807) is 0 Å². The molecule has 2 atom stereocenters. The van der Waals surface area contributed by atoms with Crippen molar-refractivity contribution in [3.8, 4) is 0 Å². The van der Waals surface area contributed by atoms with Gasteiger partial charge >= 0.3 is 0 Å². The Morgan fingerprint density at radius 2 is 2.36 bits per heavy atom. The lowest BCUT2D eigenvalue weighted by molar-refractivity contribution is 0.756. The summed E-state index contributed by atoms with van der Waals surface area (Å²) in [5, 5.41) is 0. The van der Waals surface area contributed by atoms with Crippen molar-refractivity contribution in [2.24, 2.45) is 5.92 Å². The number of allylic oxidation sites excluding steroid dienone is 6. The van der Waals surface area contributed by atoms with E-state index in [1.807, 2.05) is 30.4 Å². The summed E-state index contributed by atoms with van der Waals surface area (Å²) in [6.45, 7) is 2.08. The van der Waals surface area contributed by atoms with E-state index in [1.165, 1.54) is 0 Å². The molecule has 0 aliphatic heterocycles. The minimum Gasteiger partial charge on any atom is -0.136 e. The van der Waals surface area contributed by atoms with Gasteiger partial charge in [-0.3, -0.25) is 0 Å². The number of thiol groups is 1. The molecule has 76 valence electrons. The van der Waals surface area contributed by atoms with Crippen LogP contribution in [0.25, 0.3) is 0 Å². The fourth-order valence-corrected chi connectivity index (χ4v) is 2.42. The molecule has 0 amide bonds. The molecule has 0 N–H and O–H groups in total. The van der Waals surface area contributed by atoms with Crippen molar-refractivity contribution in [2.75, 3.05) is 0 Å². The van der Waals surface area contributed by atoms with E-state index in [9.17, 15) is 0 Å². The van der Waals surface area contributed by atoms with Gasteiger partial charge < -0.3 is 0 Å². The van der Waals surface area contributed by atoms with Crippen LogP contribution in [0, 0.1) is 5.92 Å².